The number of nitrogens with one attached hydrogen (secondary N) is 1. The number of carbonyl (C=O) groups is 2. The molecule has 0 spiro atoms. The minimum atomic E-state index is -0.526. The van der Waals surface area contributed by atoms with E-state index in [1.807, 2.05) is 57.2 Å². The van der Waals surface area contributed by atoms with E-state index in [1.54, 1.807) is 17.0 Å². The van der Waals surface area contributed by atoms with Crippen LogP contribution in [0, 0.1) is 0 Å². The van der Waals surface area contributed by atoms with Crippen molar-refractivity contribution in [1.29, 1.82) is 0 Å². The van der Waals surface area contributed by atoms with Crippen LogP contribution in [0.2, 0.25) is 10.0 Å². The smallest absolute Gasteiger partial charge is 0.243 e. The number of benzene rings is 2. The Morgan fingerprint density at radius 1 is 1.03 bits per heavy atom. The average Bonchev–Trinajstić information content (AvgIpc) is 2.68. The summed E-state index contributed by atoms with van der Waals surface area (Å²) in [4.78, 5) is 27.6. The molecule has 0 saturated carbocycles. The van der Waals surface area contributed by atoms with Gasteiger partial charge in [0, 0.05) is 28.4 Å². The van der Waals surface area contributed by atoms with Crippen molar-refractivity contribution in [3.63, 3.8) is 0 Å². The van der Waals surface area contributed by atoms with Gasteiger partial charge in [-0.2, -0.15) is 0 Å². The minimum Gasteiger partial charge on any atom is -0.352 e. The van der Waals surface area contributed by atoms with Crippen LogP contribution in [-0.4, -0.2) is 34.6 Å². The zero-order chi connectivity index (χ0) is 22.1. The first-order valence-electron chi connectivity index (χ1n) is 9.96. The Labute approximate surface area is 193 Å². The van der Waals surface area contributed by atoms with Gasteiger partial charge >= 0.3 is 0 Å². The molecule has 2 amide bonds. The molecule has 0 heterocycles. The van der Waals surface area contributed by atoms with Gasteiger partial charge in [-0.3, -0.25) is 9.59 Å². The lowest BCUT2D eigenvalue weighted by molar-refractivity contribution is -0.139. The normalized spacial score (nSPS) is 11.9. The van der Waals surface area contributed by atoms with Crippen molar-refractivity contribution in [3.05, 3.63) is 69.7 Å². The van der Waals surface area contributed by atoms with E-state index in [0.717, 1.165) is 11.1 Å². The van der Waals surface area contributed by atoms with Crippen LogP contribution in [-0.2, 0) is 21.9 Å². The fourth-order valence-corrected chi connectivity index (χ4v) is 4.25. The van der Waals surface area contributed by atoms with Gasteiger partial charge in [0.15, 0.2) is 0 Å². The van der Waals surface area contributed by atoms with Crippen molar-refractivity contribution >= 4 is 46.8 Å². The third-order valence-corrected chi connectivity index (χ3v) is 5.94. The number of thioether (sulfide) groups is 1. The zero-order valence-corrected chi connectivity index (χ0v) is 19.9. The molecule has 1 atom stereocenters. The molecule has 7 heteroatoms. The minimum absolute atomic E-state index is 0.0104. The highest BCUT2D eigenvalue weighted by Crippen LogP contribution is 2.20. The molecule has 0 aliphatic heterocycles. The first-order valence-corrected chi connectivity index (χ1v) is 11.9. The van der Waals surface area contributed by atoms with Gasteiger partial charge in [0.25, 0.3) is 0 Å². The molecule has 162 valence electrons. The summed E-state index contributed by atoms with van der Waals surface area (Å²) in [6.45, 7) is 6.11. The van der Waals surface area contributed by atoms with Gasteiger partial charge in [-0.1, -0.05) is 54.4 Å². The monoisotopic (exact) mass is 466 g/mol. The van der Waals surface area contributed by atoms with E-state index >= 15 is 0 Å². The van der Waals surface area contributed by atoms with Crippen LogP contribution in [0.4, 0.5) is 0 Å². The van der Waals surface area contributed by atoms with Crippen molar-refractivity contribution in [1.82, 2.24) is 10.2 Å². The number of rotatable bonds is 10. The van der Waals surface area contributed by atoms with Gasteiger partial charge in [0.2, 0.25) is 11.8 Å². The van der Waals surface area contributed by atoms with Crippen molar-refractivity contribution in [2.75, 3.05) is 5.75 Å². The fourth-order valence-electron chi connectivity index (χ4n) is 3.05. The van der Waals surface area contributed by atoms with Crippen LogP contribution in [0.5, 0.6) is 0 Å². The molecule has 0 aromatic heterocycles. The van der Waals surface area contributed by atoms with Gasteiger partial charge in [0.1, 0.15) is 6.04 Å². The van der Waals surface area contributed by atoms with Crippen molar-refractivity contribution in [2.45, 2.75) is 51.6 Å². The molecule has 2 aromatic carbocycles. The molecule has 0 radical (unpaired) electrons. The second-order valence-corrected chi connectivity index (χ2v) is 9.22. The van der Waals surface area contributed by atoms with Crippen LogP contribution in [0.3, 0.4) is 0 Å². The molecule has 4 nitrogen and oxygen atoms in total. The highest BCUT2D eigenvalue weighted by Gasteiger charge is 2.28. The summed E-state index contributed by atoms with van der Waals surface area (Å²) in [7, 11) is 0. The molecule has 0 aliphatic rings. The second kappa shape index (κ2) is 12.2. The Bertz CT molecular complexity index is 843. The van der Waals surface area contributed by atoms with Crippen LogP contribution in [0.1, 0.15) is 38.3 Å². The summed E-state index contributed by atoms with van der Waals surface area (Å²) < 4.78 is 0. The Kier molecular flexibility index (Phi) is 10.0. The average molecular weight is 467 g/mol. The Balaban J connectivity index is 2.12. The zero-order valence-electron chi connectivity index (χ0n) is 17.5. The molecule has 30 heavy (non-hydrogen) atoms. The maximum absolute atomic E-state index is 13.1. The van der Waals surface area contributed by atoms with E-state index < -0.39 is 6.04 Å². The maximum atomic E-state index is 13.1. The summed E-state index contributed by atoms with van der Waals surface area (Å²) >= 11 is 13.5. The van der Waals surface area contributed by atoms with Crippen molar-refractivity contribution < 1.29 is 9.59 Å². The first kappa shape index (κ1) is 24.6. The van der Waals surface area contributed by atoms with E-state index in [1.165, 1.54) is 11.8 Å². The highest BCUT2D eigenvalue weighted by atomic mass is 35.5. The summed E-state index contributed by atoms with van der Waals surface area (Å²) in [5, 5.41) is 4.25. The van der Waals surface area contributed by atoms with E-state index in [0.29, 0.717) is 28.8 Å². The summed E-state index contributed by atoms with van der Waals surface area (Å²) in [6, 6.07) is 14.5. The number of carbonyl (C=O) groups excluding carboxylic acids is 2. The molecule has 0 bridgehead atoms. The molecule has 0 aliphatic carbocycles. The Morgan fingerprint density at radius 2 is 1.73 bits per heavy atom. The second-order valence-electron chi connectivity index (χ2n) is 7.36. The number of halogens is 2. The molecular formula is C23H28Cl2N2O2S. The lowest BCUT2D eigenvalue weighted by Crippen LogP contribution is -2.50. The van der Waals surface area contributed by atoms with Crippen LogP contribution in [0.25, 0.3) is 0 Å². The van der Waals surface area contributed by atoms with Gasteiger partial charge in [0.05, 0.1) is 5.75 Å². The summed E-state index contributed by atoms with van der Waals surface area (Å²) in [5.74, 6) is 0.763. The Morgan fingerprint density at radius 3 is 2.33 bits per heavy atom. The lowest BCUT2D eigenvalue weighted by Gasteiger charge is -2.31. The van der Waals surface area contributed by atoms with E-state index in [-0.39, 0.29) is 23.6 Å². The number of hydrogen-bond donors (Lipinski definition) is 1. The Hall–Kier alpha value is -1.69. The highest BCUT2D eigenvalue weighted by molar-refractivity contribution is 7.99. The summed E-state index contributed by atoms with van der Waals surface area (Å²) in [5.41, 5.74) is 2.00. The standard InChI is InChI=1S/C23H28Cl2N2O2S/c1-4-21(23(29)26-16(2)3)27(13-17-8-10-19(24)11-9-17)22(28)15-30-14-18-6-5-7-20(25)12-18/h5-12,16,21H,4,13-15H2,1-3H3,(H,26,29)/t21-/m0/s1. The quantitative estimate of drug-likeness (QED) is 0.498. The predicted molar refractivity (Wildman–Crippen MR) is 127 cm³/mol. The van der Waals surface area contributed by atoms with Crippen molar-refractivity contribution in [3.8, 4) is 0 Å². The van der Waals surface area contributed by atoms with Crippen LogP contribution >= 0.6 is 35.0 Å². The maximum Gasteiger partial charge on any atom is 0.243 e. The van der Waals surface area contributed by atoms with Crippen molar-refractivity contribution in [2.24, 2.45) is 0 Å². The van der Waals surface area contributed by atoms with Crippen LogP contribution < -0.4 is 5.32 Å². The largest absolute Gasteiger partial charge is 0.352 e. The third-order valence-electron chi connectivity index (χ3n) is 4.47. The number of nitrogens with zero attached hydrogens (tertiary/aromatic N) is 1. The molecule has 0 unspecified atom stereocenters. The first-order chi connectivity index (χ1) is 14.3. The lowest BCUT2D eigenvalue weighted by atomic mass is 10.1. The van der Waals surface area contributed by atoms with E-state index in [9.17, 15) is 9.59 Å². The molecule has 2 rings (SSSR count). The van der Waals surface area contributed by atoms with E-state index in [2.05, 4.69) is 5.32 Å². The summed E-state index contributed by atoms with van der Waals surface area (Å²) in [6.07, 6.45) is 0.539. The van der Waals surface area contributed by atoms with Gasteiger partial charge in [-0.15, -0.1) is 11.8 Å². The predicted octanol–water partition coefficient (Wildman–Crippen LogP) is 5.56. The van der Waals surface area contributed by atoms with Gasteiger partial charge in [-0.05, 0) is 55.7 Å². The molecule has 0 fully saturated rings. The topological polar surface area (TPSA) is 49.4 Å². The third kappa shape index (κ3) is 7.86. The van der Waals surface area contributed by atoms with Crippen LogP contribution in [0.15, 0.2) is 48.5 Å². The molecule has 2 aromatic rings. The molecule has 0 saturated heterocycles. The number of amides is 2. The van der Waals surface area contributed by atoms with Gasteiger partial charge < -0.3 is 10.2 Å². The van der Waals surface area contributed by atoms with E-state index in [4.69, 9.17) is 23.2 Å². The molecular weight excluding hydrogens is 439 g/mol. The molecule has 1 N–H and O–H groups in total. The SMILES string of the molecule is CC[C@@H](C(=O)NC(C)C)N(Cc1ccc(Cl)cc1)C(=O)CSCc1cccc(Cl)c1. The fraction of sp³-hybridized carbons (Fsp3) is 0.391. The van der Waals surface area contributed by atoms with Gasteiger partial charge in [-0.25, -0.2) is 0 Å². The number of hydrogen-bond acceptors (Lipinski definition) is 3.